The summed E-state index contributed by atoms with van der Waals surface area (Å²) >= 11 is 0. The number of carbonyl (C=O) groups excluding carboxylic acids is 1. The minimum absolute atomic E-state index is 0.0315. The number of nitrogens with two attached hydrogens (primary N) is 1. The van der Waals surface area contributed by atoms with E-state index < -0.39 is 15.7 Å². The zero-order chi connectivity index (χ0) is 14.5. The van der Waals surface area contributed by atoms with Gasteiger partial charge in [-0.3, -0.25) is 4.79 Å². The van der Waals surface area contributed by atoms with Crippen LogP contribution in [0.1, 0.15) is 30.6 Å². The largest absolute Gasteiger partial charge is 0.348 e. The Morgan fingerprint density at radius 1 is 1.37 bits per heavy atom. The van der Waals surface area contributed by atoms with Gasteiger partial charge in [-0.15, -0.1) is 0 Å². The summed E-state index contributed by atoms with van der Waals surface area (Å²) in [5, 5.41) is 2.67. The Morgan fingerprint density at radius 2 is 2.00 bits per heavy atom. The highest BCUT2D eigenvalue weighted by molar-refractivity contribution is 7.91. The fourth-order valence-electron chi connectivity index (χ4n) is 1.66. The molecule has 3 N–H and O–H groups in total. The SMILES string of the molecule is CCCS(=O)(=O)c1ccccc1C(=O)N[C@@H](C)CN. The molecule has 0 fully saturated rings. The van der Waals surface area contributed by atoms with E-state index in [0.717, 1.165) is 0 Å². The predicted molar refractivity (Wildman–Crippen MR) is 74.8 cm³/mol. The van der Waals surface area contributed by atoms with E-state index in [1.165, 1.54) is 12.1 Å². The third-order valence-corrected chi connectivity index (χ3v) is 4.64. The van der Waals surface area contributed by atoms with E-state index in [2.05, 4.69) is 5.32 Å². The molecular formula is C13H20N2O3S. The van der Waals surface area contributed by atoms with Gasteiger partial charge in [0.05, 0.1) is 16.2 Å². The monoisotopic (exact) mass is 284 g/mol. The number of sulfone groups is 1. The summed E-state index contributed by atoms with van der Waals surface area (Å²) < 4.78 is 24.2. The van der Waals surface area contributed by atoms with Crippen LogP contribution in [0.2, 0.25) is 0 Å². The van der Waals surface area contributed by atoms with Crippen LogP contribution in [0.5, 0.6) is 0 Å². The van der Waals surface area contributed by atoms with Crippen LogP contribution in [0.15, 0.2) is 29.2 Å². The molecule has 1 aromatic carbocycles. The molecule has 0 radical (unpaired) electrons. The maximum atomic E-state index is 12.1. The van der Waals surface area contributed by atoms with Gasteiger partial charge in [-0.05, 0) is 25.5 Å². The van der Waals surface area contributed by atoms with Crippen molar-refractivity contribution in [3.63, 3.8) is 0 Å². The van der Waals surface area contributed by atoms with Crippen molar-refractivity contribution in [3.05, 3.63) is 29.8 Å². The number of amides is 1. The van der Waals surface area contributed by atoms with Crippen molar-refractivity contribution in [3.8, 4) is 0 Å². The van der Waals surface area contributed by atoms with Crippen LogP contribution in [0.4, 0.5) is 0 Å². The fourth-order valence-corrected chi connectivity index (χ4v) is 3.20. The molecule has 1 aromatic rings. The summed E-state index contributed by atoms with van der Waals surface area (Å²) in [6.07, 6.45) is 0.511. The van der Waals surface area contributed by atoms with Gasteiger partial charge in [-0.2, -0.15) is 0 Å². The molecule has 19 heavy (non-hydrogen) atoms. The number of hydrogen-bond acceptors (Lipinski definition) is 4. The molecule has 1 amide bonds. The Hall–Kier alpha value is -1.40. The average molecular weight is 284 g/mol. The number of carbonyl (C=O) groups is 1. The molecule has 106 valence electrons. The van der Waals surface area contributed by atoms with Gasteiger partial charge >= 0.3 is 0 Å². The summed E-state index contributed by atoms with van der Waals surface area (Å²) in [6, 6.07) is 6.04. The van der Waals surface area contributed by atoms with Crippen LogP contribution >= 0.6 is 0 Å². The maximum Gasteiger partial charge on any atom is 0.252 e. The highest BCUT2D eigenvalue weighted by Gasteiger charge is 2.21. The summed E-state index contributed by atoms with van der Waals surface area (Å²) in [4.78, 5) is 12.1. The van der Waals surface area contributed by atoms with Gasteiger partial charge in [0.1, 0.15) is 0 Å². The fraction of sp³-hybridized carbons (Fsp3) is 0.462. The Bertz CT molecular complexity index is 541. The van der Waals surface area contributed by atoms with Crippen LogP contribution in [0.25, 0.3) is 0 Å². The van der Waals surface area contributed by atoms with Crippen molar-refractivity contribution in [2.75, 3.05) is 12.3 Å². The summed E-state index contributed by atoms with van der Waals surface area (Å²) in [5.74, 6) is -0.378. The van der Waals surface area contributed by atoms with Crippen molar-refractivity contribution in [2.24, 2.45) is 5.73 Å². The van der Waals surface area contributed by atoms with Crippen LogP contribution < -0.4 is 11.1 Å². The minimum atomic E-state index is -3.42. The van der Waals surface area contributed by atoms with Crippen molar-refractivity contribution in [2.45, 2.75) is 31.2 Å². The first-order valence-corrected chi connectivity index (χ1v) is 7.90. The van der Waals surface area contributed by atoms with Gasteiger partial charge in [0.2, 0.25) is 0 Å². The van der Waals surface area contributed by atoms with Crippen LogP contribution in [-0.4, -0.2) is 32.7 Å². The lowest BCUT2D eigenvalue weighted by atomic mass is 10.2. The smallest absolute Gasteiger partial charge is 0.252 e. The first-order chi connectivity index (χ1) is 8.92. The van der Waals surface area contributed by atoms with Gasteiger partial charge in [0.15, 0.2) is 9.84 Å². The van der Waals surface area contributed by atoms with E-state index in [1.54, 1.807) is 26.0 Å². The summed E-state index contributed by atoms with van der Waals surface area (Å²) in [6.45, 7) is 3.85. The van der Waals surface area contributed by atoms with Gasteiger partial charge in [-0.1, -0.05) is 19.1 Å². The Morgan fingerprint density at radius 3 is 2.58 bits per heavy atom. The summed E-state index contributed by atoms with van der Waals surface area (Å²) in [7, 11) is -3.42. The normalized spacial score (nSPS) is 13.0. The molecule has 0 saturated heterocycles. The Balaban J connectivity index is 3.13. The molecule has 0 heterocycles. The molecule has 0 bridgehead atoms. The highest BCUT2D eigenvalue weighted by atomic mass is 32.2. The van der Waals surface area contributed by atoms with Crippen molar-refractivity contribution in [1.82, 2.24) is 5.32 Å². The molecule has 0 aliphatic heterocycles. The quantitative estimate of drug-likeness (QED) is 0.814. The second-order valence-electron chi connectivity index (χ2n) is 4.43. The molecule has 0 aliphatic carbocycles. The standard InChI is InChI=1S/C13H20N2O3S/c1-3-8-19(17,18)12-7-5-4-6-11(12)13(16)15-10(2)9-14/h4-7,10H,3,8-9,14H2,1-2H3,(H,15,16)/t10-/m0/s1. The topological polar surface area (TPSA) is 89.3 Å². The number of benzene rings is 1. The second-order valence-corrected chi connectivity index (χ2v) is 6.50. The van der Waals surface area contributed by atoms with Gasteiger partial charge in [-0.25, -0.2) is 8.42 Å². The van der Waals surface area contributed by atoms with E-state index in [0.29, 0.717) is 13.0 Å². The highest BCUT2D eigenvalue weighted by Crippen LogP contribution is 2.17. The van der Waals surface area contributed by atoms with Gasteiger partial charge < -0.3 is 11.1 Å². The zero-order valence-corrected chi connectivity index (χ0v) is 12.0. The second kappa shape index (κ2) is 6.68. The van der Waals surface area contributed by atoms with E-state index in [-0.39, 0.29) is 22.3 Å². The first kappa shape index (κ1) is 15.7. The first-order valence-electron chi connectivity index (χ1n) is 6.25. The predicted octanol–water partition coefficient (Wildman–Crippen LogP) is 0.947. The van der Waals surface area contributed by atoms with Gasteiger partial charge in [0, 0.05) is 12.6 Å². The van der Waals surface area contributed by atoms with E-state index >= 15 is 0 Å². The van der Waals surface area contributed by atoms with Crippen molar-refractivity contribution >= 4 is 15.7 Å². The van der Waals surface area contributed by atoms with Crippen LogP contribution in [0.3, 0.4) is 0 Å². The molecule has 0 spiro atoms. The molecule has 0 aromatic heterocycles. The summed E-state index contributed by atoms with van der Waals surface area (Å²) in [5.41, 5.74) is 5.61. The number of hydrogen-bond donors (Lipinski definition) is 2. The maximum absolute atomic E-state index is 12.1. The number of nitrogens with one attached hydrogen (secondary N) is 1. The molecule has 5 nitrogen and oxygen atoms in total. The third-order valence-electron chi connectivity index (χ3n) is 2.67. The lowest BCUT2D eigenvalue weighted by molar-refractivity contribution is 0.0938. The van der Waals surface area contributed by atoms with Crippen molar-refractivity contribution in [1.29, 1.82) is 0 Å². The average Bonchev–Trinajstić information content (AvgIpc) is 2.38. The van der Waals surface area contributed by atoms with Crippen molar-refractivity contribution < 1.29 is 13.2 Å². The molecule has 0 unspecified atom stereocenters. The molecule has 6 heteroatoms. The lowest BCUT2D eigenvalue weighted by Crippen LogP contribution is -2.38. The van der Waals surface area contributed by atoms with E-state index in [1.807, 2.05) is 0 Å². The zero-order valence-electron chi connectivity index (χ0n) is 11.2. The van der Waals surface area contributed by atoms with E-state index in [4.69, 9.17) is 5.73 Å². The lowest BCUT2D eigenvalue weighted by Gasteiger charge is -2.14. The molecule has 0 aliphatic rings. The Kier molecular flexibility index (Phi) is 5.50. The third kappa shape index (κ3) is 4.04. The molecule has 1 atom stereocenters. The number of rotatable bonds is 6. The molecular weight excluding hydrogens is 264 g/mol. The minimum Gasteiger partial charge on any atom is -0.348 e. The van der Waals surface area contributed by atoms with Crippen LogP contribution in [0, 0.1) is 0 Å². The Labute approximate surface area is 114 Å². The van der Waals surface area contributed by atoms with Crippen LogP contribution in [-0.2, 0) is 9.84 Å². The molecule has 1 rings (SSSR count). The van der Waals surface area contributed by atoms with Gasteiger partial charge in [0.25, 0.3) is 5.91 Å². The van der Waals surface area contributed by atoms with E-state index in [9.17, 15) is 13.2 Å². The molecule has 0 saturated carbocycles.